The zero-order valence-electron chi connectivity index (χ0n) is 25.7. The number of terminal acetylenes is 1. The summed E-state index contributed by atoms with van der Waals surface area (Å²) in [6, 6.07) is 10.8. The van der Waals surface area contributed by atoms with Crippen LogP contribution in [0.5, 0.6) is 0 Å². The number of hydrogen-bond acceptors (Lipinski definition) is 5. The summed E-state index contributed by atoms with van der Waals surface area (Å²) in [5.41, 5.74) is 6.76. The van der Waals surface area contributed by atoms with Crippen LogP contribution in [0.2, 0.25) is 0 Å². The van der Waals surface area contributed by atoms with E-state index in [0.29, 0.717) is 18.8 Å². The summed E-state index contributed by atoms with van der Waals surface area (Å²) in [7, 11) is 0. The molecule has 7 nitrogen and oxygen atoms in total. The summed E-state index contributed by atoms with van der Waals surface area (Å²) in [4.78, 5) is 33.4. The number of nitrogens with two attached hydrogens (primary N) is 1. The average Bonchev–Trinajstić information content (AvgIpc) is 3.78. The summed E-state index contributed by atoms with van der Waals surface area (Å²) in [6.07, 6.45) is 8.95. The van der Waals surface area contributed by atoms with Gasteiger partial charge in [0.1, 0.15) is 17.3 Å². The standard InChI is InChI=1S/C35H42F2N4O3/c1-5-13-41(14-6-2)32(43)30-21-34(33(38)44,20-23(4)40-30)29(18-25-16-27(36)19-28(37)17-25)31(42)22-39-35(11-12-35)26-10-8-9-24(7-3)15-26/h3,8-10,15-17,19-20,29,31,39,42H,5-6,11-14,18,21-22H2,1-2,4H3,(H2,38,44)/t29-,31+,34?/m1/s1. The van der Waals surface area contributed by atoms with Gasteiger partial charge in [0.2, 0.25) is 5.91 Å². The third kappa shape index (κ3) is 7.25. The molecule has 2 aromatic rings. The number of hydrogen-bond donors (Lipinski definition) is 3. The Bertz CT molecular complexity index is 1470. The molecule has 2 aromatic carbocycles. The van der Waals surface area contributed by atoms with Crippen LogP contribution in [0.1, 0.15) is 69.6 Å². The van der Waals surface area contributed by atoms with Crippen molar-refractivity contribution in [1.82, 2.24) is 10.2 Å². The molecule has 0 aromatic heterocycles. The van der Waals surface area contributed by atoms with Gasteiger partial charge in [-0.1, -0.05) is 31.9 Å². The Hall–Kier alpha value is -3.87. The Labute approximate surface area is 258 Å². The number of aliphatic imine (C=N–C) groups is 1. The van der Waals surface area contributed by atoms with E-state index in [9.17, 15) is 23.5 Å². The van der Waals surface area contributed by atoms with Crippen LogP contribution in [0.4, 0.5) is 8.78 Å². The van der Waals surface area contributed by atoms with Gasteiger partial charge >= 0.3 is 0 Å². The predicted octanol–water partition coefficient (Wildman–Crippen LogP) is 4.61. The van der Waals surface area contributed by atoms with Gasteiger partial charge in [-0.3, -0.25) is 14.6 Å². The van der Waals surface area contributed by atoms with E-state index in [1.165, 1.54) is 12.1 Å². The van der Waals surface area contributed by atoms with E-state index in [2.05, 4.69) is 16.2 Å². The molecule has 0 radical (unpaired) electrons. The lowest BCUT2D eigenvalue weighted by molar-refractivity contribution is -0.130. The zero-order chi connectivity index (χ0) is 32.1. The van der Waals surface area contributed by atoms with Gasteiger partial charge in [0, 0.05) is 54.8 Å². The molecule has 1 unspecified atom stereocenters. The third-order valence-corrected chi connectivity index (χ3v) is 8.70. The molecule has 1 fully saturated rings. The van der Waals surface area contributed by atoms with Crippen molar-refractivity contribution in [3.05, 3.63) is 82.6 Å². The Morgan fingerprint density at radius 3 is 2.36 bits per heavy atom. The van der Waals surface area contributed by atoms with Gasteiger partial charge in [0.25, 0.3) is 5.91 Å². The van der Waals surface area contributed by atoms with Gasteiger partial charge in [0.05, 0.1) is 11.5 Å². The number of aliphatic hydroxyl groups is 1. The minimum absolute atomic E-state index is 0.0584. The number of nitrogens with one attached hydrogen (secondary N) is 1. The summed E-state index contributed by atoms with van der Waals surface area (Å²) in [5, 5.41) is 15.3. The second-order valence-corrected chi connectivity index (χ2v) is 12.1. The lowest BCUT2D eigenvalue weighted by Crippen LogP contribution is -2.54. The third-order valence-electron chi connectivity index (χ3n) is 8.70. The molecule has 44 heavy (non-hydrogen) atoms. The second-order valence-electron chi connectivity index (χ2n) is 12.1. The van der Waals surface area contributed by atoms with Crippen molar-refractivity contribution in [2.24, 2.45) is 22.1 Å². The molecule has 2 aliphatic rings. The van der Waals surface area contributed by atoms with Crippen molar-refractivity contribution in [3.63, 3.8) is 0 Å². The Kier molecular flexibility index (Phi) is 10.4. The number of rotatable bonds is 14. The number of halogens is 2. The van der Waals surface area contributed by atoms with E-state index in [-0.39, 0.29) is 36.6 Å². The van der Waals surface area contributed by atoms with Crippen LogP contribution in [-0.4, -0.2) is 53.3 Å². The molecule has 1 aliphatic heterocycles. The van der Waals surface area contributed by atoms with Gasteiger partial charge in [-0.15, -0.1) is 6.42 Å². The molecule has 234 valence electrons. The fourth-order valence-corrected chi connectivity index (χ4v) is 6.41. The molecule has 1 saturated carbocycles. The Balaban J connectivity index is 1.70. The first-order valence-corrected chi connectivity index (χ1v) is 15.3. The fraction of sp³-hybridized carbons (Fsp3) is 0.457. The van der Waals surface area contributed by atoms with Crippen molar-refractivity contribution < 1.29 is 23.5 Å². The van der Waals surface area contributed by atoms with Gasteiger partial charge < -0.3 is 21.1 Å². The molecule has 0 spiro atoms. The summed E-state index contributed by atoms with van der Waals surface area (Å²) in [6.45, 7) is 6.74. The summed E-state index contributed by atoms with van der Waals surface area (Å²) >= 11 is 0. The molecule has 4 N–H and O–H groups in total. The molecule has 3 atom stereocenters. The van der Waals surface area contributed by atoms with Crippen molar-refractivity contribution in [1.29, 1.82) is 0 Å². The number of primary amides is 1. The van der Waals surface area contributed by atoms with E-state index in [0.717, 1.165) is 42.9 Å². The zero-order valence-corrected chi connectivity index (χ0v) is 25.7. The average molecular weight is 605 g/mol. The highest BCUT2D eigenvalue weighted by Crippen LogP contribution is 2.47. The maximum absolute atomic E-state index is 14.3. The minimum atomic E-state index is -1.55. The van der Waals surface area contributed by atoms with Crippen LogP contribution in [0.15, 0.2) is 59.2 Å². The fourth-order valence-electron chi connectivity index (χ4n) is 6.41. The van der Waals surface area contributed by atoms with Crippen LogP contribution in [0.25, 0.3) is 0 Å². The minimum Gasteiger partial charge on any atom is -0.391 e. The van der Waals surface area contributed by atoms with Crippen molar-refractivity contribution in [2.45, 2.75) is 70.9 Å². The van der Waals surface area contributed by atoms with Crippen molar-refractivity contribution in [2.75, 3.05) is 19.6 Å². The topological polar surface area (TPSA) is 108 Å². The first-order chi connectivity index (χ1) is 21.0. The van der Waals surface area contributed by atoms with Gasteiger partial charge in [-0.2, -0.15) is 0 Å². The maximum Gasteiger partial charge on any atom is 0.268 e. The number of benzene rings is 2. The monoisotopic (exact) mass is 604 g/mol. The summed E-state index contributed by atoms with van der Waals surface area (Å²) in [5.74, 6) is -0.879. The first-order valence-electron chi connectivity index (χ1n) is 15.3. The predicted molar refractivity (Wildman–Crippen MR) is 167 cm³/mol. The highest BCUT2D eigenvalue weighted by molar-refractivity contribution is 6.39. The van der Waals surface area contributed by atoms with Crippen LogP contribution in [0, 0.1) is 35.3 Å². The van der Waals surface area contributed by atoms with E-state index in [1.807, 2.05) is 38.1 Å². The van der Waals surface area contributed by atoms with E-state index in [1.54, 1.807) is 17.9 Å². The number of aliphatic hydroxyl groups excluding tert-OH is 1. The molecular formula is C35H42F2N4O3. The highest BCUT2D eigenvalue weighted by Gasteiger charge is 2.51. The van der Waals surface area contributed by atoms with Gasteiger partial charge in [-0.05, 0) is 80.5 Å². The SMILES string of the molecule is C#Cc1cccc(C2(NC[C@H](O)[C@@H](Cc3cc(F)cc(F)c3)C3(C(N)=O)C=C(C)N=C(C(=O)N(CCC)CCC)C3)CC2)c1. The number of amides is 2. The second kappa shape index (κ2) is 13.8. The van der Waals surface area contributed by atoms with Gasteiger partial charge in [0.15, 0.2) is 0 Å². The Morgan fingerprint density at radius 2 is 1.80 bits per heavy atom. The molecule has 4 rings (SSSR count). The quantitative estimate of drug-likeness (QED) is 0.274. The van der Waals surface area contributed by atoms with Crippen molar-refractivity contribution in [3.8, 4) is 12.3 Å². The lowest BCUT2D eigenvalue weighted by Gasteiger charge is -2.41. The Morgan fingerprint density at radius 1 is 1.14 bits per heavy atom. The van der Waals surface area contributed by atoms with Crippen LogP contribution in [-0.2, 0) is 21.5 Å². The highest BCUT2D eigenvalue weighted by atomic mass is 19.1. The molecule has 2 amide bonds. The van der Waals surface area contributed by atoms with Crippen molar-refractivity contribution >= 4 is 17.5 Å². The molecule has 1 heterocycles. The van der Waals surface area contributed by atoms with Gasteiger partial charge in [-0.25, -0.2) is 8.78 Å². The lowest BCUT2D eigenvalue weighted by atomic mass is 9.65. The van der Waals surface area contributed by atoms with Crippen LogP contribution >= 0.6 is 0 Å². The van der Waals surface area contributed by atoms with E-state index < -0.39 is 40.5 Å². The molecular weight excluding hydrogens is 562 g/mol. The maximum atomic E-state index is 14.3. The first kappa shape index (κ1) is 33.0. The van der Waals surface area contributed by atoms with Crippen LogP contribution in [0.3, 0.4) is 0 Å². The number of carbonyl (C=O) groups is 2. The molecule has 0 bridgehead atoms. The van der Waals surface area contributed by atoms with E-state index >= 15 is 0 Å². The molecule has 0 saturated heterocycles. The van der Waals surface area contributed by atoms with E-state index in [4.69, 9.17) is 12.2 Å². The smallest absolute Gasteiger partial charge is 0.268 e. The number of allylic oxidation sites excluding steroid dienone is 1. The van der Waals surface area contributed by atoms with Crippen LogP contribution < -0.4 is 11.1 Å². The number of carbonyl (C=O) groups excluding carboxylic acids is 2. The summed E-state index contributed by atoms with van der Waals surface area (Å²) < 4.78 is 28.6. The molecule has 1 aliphatic carbocycles. The molecule has 9 heteroatoms. The number of nitrogens with zero attached hydrogens (tertiary/aromatic N) is 2. The normalized spacial score (nSPS) is 20.1. The largest absolute Gasteiger partial charge is 0.391 e.